The average molecular weight is 206 g/mol. The fourth-order valence-electron chi connectivity index (χ4n) is 1.40. The van der Waals surface area contributed by atoms with Crippen molar-refractivity contribution in [2.45, 2.75) is 37.2 Å². The minimum absolute atomic E-state index is 0.0619. The molecule has 78 valence electrons. The van der Waals surface area contributed by atoms with E-state index in [4.69, 9.17) is 9.84 Å². The molecular formula is C9H18O3S. The van der Waals surface area contributed by atoms with E-state index in [0.29, 0.717) is 12.4 Å². The first-order chi connectivity index (χ1) is 6.29. The normalized spacial score (nSPS) is 33.9. The SMILES string of the molecule is CCCCOC1[C@@H](O)CS[C@@H]1CO. The average Bonchev–Trinajstić information content (AvgIpc) is 2.48. The number of aliphatic hydroxyl groups excluding tert-OH is 2. The Morgan fingerprint density at radius 2 is 2.31 bits per heavy atom. The molecule has 0 aliphatic carbocycles. The van der Waals surface area contributed by atoms with Gasteiger partial charge in [0.1, 0.15) is 0 Å². The Labute approximate surface area is 83.5 Å². The second-order valence-electron chi connectivity index (χ2n) is 3.31. The standard InChI is InChI=1S/C9H18O3S/c1-2-3-4-12-9-7(11)6-13-8(9)5-10/h7-11H,2-6H2,1H3/t7-,8+,9?/m0/s1. The molecule has 0 aromatic carbocycles. The maximum atomic E-state index is 9.53. The lowest BCUT2D eigenvalue weighted by Gasteiger charge is -2.19. The molecule has 0 spiro atoms. The van der Waals surface area contributed by atoms with Gasteiger partial charge in [-0.1, -0.05) is 13.3 Å². The lowest BCUT2D eigenvalue weighted by Crippen LogP contribution is -2.34. The molecule has 0 aromatic rings. The highest BCUT2D eigenvalue weighted by atomic mass is 32.2. The van der Waals surface area contributed by atoms with Gasteiger partial charge in [-0.2, -0.15) is 11.8 Å². The topological polar surface area (TPSA) is 49.7 Å². The van der Waals surface area contributed by atoms with E-state index in [0.717, 1.165) is 12.8 Å². The monoisotopic (exact) mass is 206 g/mol. The predicted molar refractivity (Wildman–Crippen MR) is 54.0 cm³/mol. The van der Waals surface area contributed by atoms with Crippen LogP contribution >= 0.6 is 11.8 Å². The Morgan fingerprint density at radius 3 is 2.92 bits per heavy atom. The molecule has 2 N–H and O–H groups in total. The van der Waals surface area contributed by atoms with Gasteiger partial charge < -0.3 is 14.9 Å². The zero-order chi connectivity index (χ0) is 9.68. The number of hydrogen-bond donors (Lipinski definition) is 2. The third-order valence-corrected chi connectivity index (χ3v) is 3.59. The predicted octanol–water partition coefficient (Wildman–Crippen LogP) is 0.640. The van der Waals surface area contributed by atoms with Crippen LogP contribution in [0.1, 0.15) is 19.8 Å². The van der Waals surface area contributed by atoms with Crippen LogP contribution in [0.4, 0.5) is 0 Å². The smallest absolute Gasteiger partial charge is 0.0982 e. The van der Waals surface area contributed by atoms with Crippen LogP contribution in [-0.2, 0) is 4.74 Å². The fourth-order valence-corrected chi connectivity index (χ4v) is 2.59. The number of aliphatic hydroxyl groups is 2. The summed E-state index contributed by atoms with van der Waals surface area (Å²) in [6.07, 6.45) is 1.55. The first-order valence-electron chi connectivity index (χ1n) is 4.81. The van der Waals surface area contributed by atoms with E-state index in [1.807, 2.05) is 0 Å². The van der Waals surface area contributed by atoms with Gasteiger partial charge in [-0.05, 0) is 6.42 Å². The molecule has 0 bridgehead atoms. The second-order valence-corrected chi connectivity index (χ2v) is 4.58. The van der Waals surface area contributed by atoms with Crippen molar-refractivity contribution in [3.63, 3.8) is 0 Å². The highest BCUT2D eigenvalue weighted by molar-refractivity contribution is 8.00. The van der Waals surface area contributed by atoms with E-state index in [2.05, 4.69) is 6.92 Å². The van der Waals surface area contributed by atoms with Gasteiger partial charge in [0.25, 0.3) is 0 Å². The molecule has 0 aromatic heterocycles. The lowest BCUT2D eigenvalue weighted by molar-refractivity contribution is -0.0282. The van der Waals surface area contributed by atoms with E-state index in [1.54, 1.807) is 11.8 Å². The summed E-state index contributed by atoms with van der Waals surface area (Å²) in [4.78, 5) is 0. The molecule has 3 nitrogen and oxygen atoms in total. The molecular weight excluding hydrogens is 188 g/mol. The molecule has 4 heteroatoms. The fraction of sp³-hybridized carbons (Fsp3) is 1.00. The van der Waals surface area contributed by atoms with Crippen molar-refractivity contribution in [2.24, 2.45) is 0 Å². The molecule has 1 fully saturated rings. The second kappa shape index (κ2) is 5.86. The lowest BCUT2D eigenvalue weighted by atomic mass is 10.1. The zero-order valence-corrected chi connectivity index (χ0v) is 8.80. The van der Waals surface area contributed by atoms with Crippen LogP contribution < -0.4 is 0 Å². The molecule has 1 aliphatic heterocycles. The molecule has 1 heterocycles. The molecule has 3 atom stereocenters. The molecule has 0 saturated carbocycles. The highest BCUT2D eigenvalue weighted by Crippen LogP contribution is 2.29. The van der Waals surface area contributed by atoms with Gasteiger partial charge in [0.05, 0.1) is 24.1 Å². The Kier molecular flexibility index (Phi) is 5.09. The Bertz CT molecular complexity index is 143. The van der Waals surface area contributed by atoms with Crippen molar-refractivity contribution >= 4 is 11.8 Å². The number of unbranched alkanes of at least 4 members (excludes halogenated alkanes) is 1. The summed E-state index contributed by atoms with van der Waals surface area (Å²) >= 11 is 1.59. The van der Waals surface area contributed by atoms with Crippen molar-refractivity contribution in [3.05, 3.63) is 0 Å². The van der Waals surface area contributed by atoms with Gasteiger partial charge in [0, 0.05) is 12.4 Å². The van der Waals surface area contributed by atoms with Gasteiger partial charge in [0.2, 0.25) is 0 Å². The number of hydrogen-bond acceptors (Lipinski definition) is 4. The van der Waals surface area contributed by atoms with Crippen LogP contribution in [0.25, 0.3) is 0 Å². The first-order valence-corrected chi connectivity index (χ1v) is 5.86. The minimum Gasteiger partial charge on any atom is -0.395 e. The number of ether oxygens (including phenoxy) is 1. The van der Waals surface area contributed by atoms with E-state index in [-0.39, 0.29) is 18.0 Å². The molecule has 1 aliphatic rings. The summed E-state index contributed by atoms with van der Waals surface area (Å²) in [5, 5.41) is 18.6. The summed E-state index contributed by atoms with van der Waals surface area (Å²) in [6.45, 7) is 2.89. The summed E-state index contributed by atoms with van der Waals surface area (Å²) in [7, 11) is 0. The number of rotatable bonds is 5. The van der Waals surface area contributed by atoms with Crippen molar-refractivity contribution in [1.29, 1.82) is 0 Å². The van der Waals surface area contributed by atoms with Crippen molar-refractivity contribution < 1.29 is 14.9 Å². The summed E-state index contributed by atoms with van der Waals surface area (Å²) < 4.78 is 5.53. The van der Waals surface area contributed by atoms with Crippen LogP contribution in [0.3, 0.4) is 0 Å². The minimum atomic E-state index is -0.404. The van der Waals surface area contributed by atoms with Crippen LogP contribution in [0.15, 0.2) is 0 Å². The summed E-state index contributed by atoms with van der Waals surface area (Å²) in [6, 6.07) is 0. The highest BCUT2D eigenvalue weighted by Gasteiger charge is 2.35. The summed E-state index contributed by atoms with van der Waals surface area (Å²) in [5.74, 6) is 0.683. The van der Waals surface area contributed by atoms with Crippen molar-refractivity contribution in [2.75, 3.05) is 19.0 Å². The van der Waals surface area contributed by atoms with Crippen molar-refractivity contribution in [1.82, 2.24) is 0 Å². The van der Waals surface area contributed by atoms with Crippen LogP contribution in [-0.4, -0.2) is 46.6 Å². The maximum absolute atomic E-state index is 9.53. The van der Waals surface area contributed by atoms with Gasteiger partial charge in [0.15, 0.2) is 0 Å². The maximum Gasteiger partial charge on any atom is 0.0982 e. The van der Waals surface area contributed by atoms with E-state index in [9.17, 15) is 5.11 Å². The molecule has 1 saturated heterocycles. The number of thioether (sulfide) groups is 1. The van der Waals surface area contributed by atoms with Crippen LogP contribution in [0, 0.1) is 0 Å². The van der Waals surface area contributed by atoms with Gasteiger partial charge in [-0.25, -0.2) is 0 Å². The van der Waals surface area contributed by atoms with E-state index < -0.39 is 6.10 Å². The third kappa shape index (κ3) is 3.13. The van der Waals surface area contributed by atoms with E-state index in [1.165, 1.54) is 0 Å². The quantitative estimate of drug-likeness (QED) is 0.648. The first kappa shape index (κ1) is 11.3. The van der Waals surface area contributed by atoms with E-state index >= 15 is 0 Å². The van der Waals surface area contributed by atoms with Crippen LogP contribution in [0.2, 0.25) is 0 Å². The van der Waals surface area contributed by atoms with Crippen LogP contribution in [0.5, 0.6) is 0 Å². The van der Waals surface area contributed by atoms with Gasteiger partial charge in [-0.15, -0.1) is 0 Å². The molecule has 1 rings (SSSR count). The molecule has 13 heavy (non-hydrogen) atoms. The zero-order valence-electron chi connectivity index (χ0n) is 7.98. The third-order valence-electron chi connectivity index (χ3n) is 2.21. The Hall–Kier alpha value is 0.230. The molecule has 0 radical (unpaired) electrons. The Morgan fingerprint density at radius 1 is 1.54 bits per heavy atom. The van der Waals surface area contributed by atoms with Gasteiger partial charge >= 0.3 is 0 Å². The molecule has 1 unspecified atom stereocenters. The largest absolute Gasteiger partial charge is 0.395 e. The van der Waals surface area contributed by atoms with Gasteiger partial charge in [-0.3, -0.25) is 0 Å². The Balaban J connectivity index is 2.27. The summed E-state index contributed by atoms with van der Waals surface area (Å²) in [5.41, 5.74) is 0. The molecule has 0 amide bonds. The van der Waals surface area contributed by atoms with Crippen molar-refractivity contribution in [3.8, 4) is 0 Å².